The summed E-state index contributed by atoms with van der Waals surface area (Å²) < 4.78 is 0. The fourth-order valence-electron chi connectivity index (χ4n) is 6.70. The highest BCUT2D eigenvalue weighted by atomic mass is 16.2. The second kappa shape index (κ2) is 15.5. The van der Waals surface area contributed by atoms with Crippen LogP contribution in [-0.2, 0) is 20.8 Å². The quantitative estimate of drug-likeness (QED) is 0.276. The number of piperazine rings is 1. The lowest BCUT2D eigenvalue weighted by Crippen LogP contribution is -2.58. The summed E-state index contributed by atoms with van der Waals surface area (Å²) in [5.41, 5.74) is 3.98. The molecule has 2 aromatic heterocycles. The van der Waals surface area contributed by atoms with Gasteiger partial charge in [-0.1, -0.05) is 6.07 Å². The van der Waals surface area contributed by atoms with Crippen molar-refractivity contribution in [3.63, 3.8) is 0 Å². The lowest BCUT2D eigenvalue weighted by atomic mass is 9.89. The van der Waals surface area contributed by atoms with Gasteiger partial charge in [0.25, 0.3) is 0 Å². The van der Waals surface area contributed by atoms with E-state index in [1.54, 1.807) is 18.6 Å². The van der Waals surface area contributed by atoms with Crippen molar-refractivity contribution in [3.8, 4) is 0 Å². The Morgan fingerprint density at radius 1 is 1.00 bits per heavy atom. The van der Waals surface area contributed by atoms with Crippen molar-refractivity contribution in [1.29, 1.82) is 0 Å². The van der Waals surface area contributed by atoms with Crippen molar-refractivity contribution >= 4 is 34.3 Å². The summed E-state index contributed by atoms with van der Waals surface area (Å²) in [4.78, 5) is 53.2. The van der Waals surface area contributed by atoms with Gasteiger partial charge in [-0.25, -0.2) is 0 Å². The molecule has 248 valence electrons. The molecule has 12 heteroatoms. The molecule has 4 heterocycles. The van der Waals surface area contributed by atoms with Gasteiger partial charge in [0.1, 0.15) is 12.1 Å². The van der Waals surface area contributed by atoms with Gasteiger partial charge in [0.2, 0.25) is 17.7 Å². The minimum atomic E-state index is -0.812. The van der Waals surface area contributed by atoms with Crippen molar-refractivity contribution < 1.29 is 14.4 Å². The van der Waals surface area contributed by atoms with E-state index in [9.17, 15) is 14.4 Å². The van der Waals surface area contributed by atoms with Gasteiger partial charge in [0.05, 0.1) is 11.7 Å². The fraction of sp³-hybridized carbons (Fsp3) is 0.559. The van der Waals surface area contributed by atoms with E-state index in [1.165, 1.54) is 6.92 Å². The number of rotatable bonds is 12. The SMILES string of the molecule is CC(=O)NC(Cc1cc(C)c2[nH]ncc2c1)C(=O)NC(CC1CCN(CCN(C)C)CC1)C(=O)N1CCN(c2ccncc2)CC1. The number of benzene rings is 1. The molecular weight excluding hydrogens is 582 g/mol. The van der Waals surface area contributed by atoms with Gasteiger partial charge in [0, 0.05) is 76.1 Å². The molecule has 2 aliphatic heterocycles. The maximum atomic E-state index is 14.1. The average molecular weight is 632 g/mol. The third kappa shape index (κ3) is 8.82. The number of likely N-dealkylation sites (N-methyl/N-ethyl adjacent to an activating group) is 1. The summed E-state index contributed by atoms with van der Waals surface area (Å²) in [5.74, 6) is -0.345. The highest BCUT2D eigenvalue weighted by Gasteiger charge is 2.34. The fourth-order valence-corrected chi connectivity index (χ4v) is 6.70. The molecule has 3 aromatic rings. The Balaban J connectivity index is 1.28. The number of piperidine rings is 1. The topological polar surface area (TPSA) is 130 Å². The van der Waals surface area contributed by atoms with Crippen LogP contribution < -0.4 is 15.5 Å². The maximum absolute atomic E-state index is 14.1. The number of nitrogens with one attached hydrogen (secondary N) is 3. The summed E-state index contributed by atoms with van der Waals surface area (Å²) in [7, 11) is 4.18. The van der Waals surface area contributed by atoms with Gasteiger partial charge in [0.15, 0.2) is 0 Å². The smallest absolute Gasteiger partial charge is 0.245 e. The first kappa shape index (κ1) is 33.3. The normalized spacial score (nSPS) is 17.7. The summed E-state index contributed by atoms with van der Waals surface area (Å²) in [5, 5.41) is 14.1. The maximum Gasteiger partial charge on any atom is 0.245 e. The van der Waals surface area contributed by atoms with Gasteiger partial charge in [-0.15, -0.1) is 0 Å². The Labute approximate surface area is 271 Å². The zero-order valence-electron chi connectivity index (χ0n) is 27.7. The first-order valence-electron chi connectivity index (χ1n) is 16.5. The van der Waals surface area contributed by atoms with Crippen LogP contribution in [0.3, 0.4) is 0 Å². The van der Waals surface area contributed by atoms with E-state index in [1.807, 2.05) is 36.1 Å². The van der Waals surface area contributed by atoms with E-state index >= 15 is 0 Å². The second-order valence-electron chi connectivity index (χ2n) is 13.1. The largest absolute Gasteiger partial charge is 0.368 e. The number of amides is 3. The van der Waals surface area contributed by atoms with Gasteiger partial charge in [-0.2, -0.15) is 5.10 Å². The van der Waals surface area contributed by atoms with Crippen molar-refractivity contribution in [2.75, 3.05) is 71.4 Å². The number of fused-ring (bicyclic) bond motifs is 1. The molecule has 0 bridgehead atoms. The predicted octanol–water partition coefficient (Wildman–Crippen LogP) is 1.81. The Kier molecular flexibility index (Phi) is 11.2. The Hall–Kier alpha value is -4.03. The predicted molar refractivity (Wildman–Crippen MR) is 179 cm³/mol. The monoisotopic (exact) mass is 631 g/mol. The number of aryl methyl sites for hydroxylation is 1. The number of hydrogen-bond donors (Lipinski definition) is 3. The zero-order valence-corrected chi connectivity index (χ0v) is 27.7. The van der Waals surface area contributed by atoms with Crippen LogP contribution >= 0.6 is 0 Å². The highest BCUT2D eigenvalue weighted by Crippen LogP contribution is 2.24. The average Bonchev–Trinajstić information content (AvgIpc) is 3.53. The van der Waals surface area contributed by atoms with Gasteiger partial charge < -0.3 is 30.2 Å². The number of anilines is 1. The molecule has 2 atom stereocenters. The molecule has 12 nitrogen and oxygen atoms in total. The van der Waals surface area contributed by atoms with E-state index < -0.39 is 12.1 Å². The number of nitrogens with zero attached hydrogens (tertiary/aromatic N) is 6. The minimum absolute atomic E-state index is 0.0463. The number of likely N-dealkylation sites (tertiary alicyclic amines) is 1. The van der Waals surface area contributed by atoms with E-state index in [4.69, 9.17) is 0 Å². The van der Waals surface area contributed by atoms with Gasteiger partial charge in [-0.05, 0) is 88.6 Å². The van der Waals surface area contributed by atoms with Crippen LogP contribution in [0.1, 0.15) is 37.3 Å². The number of hydrogen-bond acceptors (Lipinski definition) is 8. The van der Waals surface area contributed by atoms with Crippen molar-refractivity contribution in [2.24, 2.45) is 5.92 Å². The molecule has 0 saturated carbocycles. The molecule has 3 amide bonds. The lowest BCUT2D eigenvalue weighted by molar-refractivity contribution is -0.138. The minimum Gasteiger partial charge on any atom is -0.368 e. The second-order valence-corrected chi connectivity index (χ2v) is 13.1. The van der Waals surface area contributed by atoms with Crippen molar-refractivity contribution in [1.82, 2.24) is 40.5 Å². The summed E-state index contributed by atoms with van der Waals surface area (Å²) in [6.07, 6.45) is 8.19. The number of pyridine rings is 1. The number of aromatic amines is 1. The van der Waals surface area contributed by atoms with Crippen LogP contribution in [0.2, 0.25) is 0 Å². The van der Waals surface area contributed by atoms with E-state index in [0.717, 1.165) is 66.7 Å². The van der Waals surface area contributed by atoms with Crippen LogP contribution in [0.25, 0.3) is 10.9 Å². The Morgan fingerprint density at radius 3 is 2.39 bits per heavy atom. The van der Waals surface area contributed by atoms with Crippen molar-refractivity contribution in [3.05, 3.63) is 54.0 Å². The molecule has 2 saturated heterocycles. The zero-order chi connectivity index (χ0) is 32.6. The molecule has 46 heavy (non-hydrogen) atoms. The molecular formula is C34H49N9O3. The Morgan fingerprint density at radius 2 is 1.72 bits per heavy atom. The first-order chi connectivity index (χ1) is 22.2. The summed E-state index contributed by atoms with van der Waals surface area (Å²) >= 11 is 0. The number of carbonyl (C=O) groups is 3. The molecule has 0 aliphatic carbocycles. The first-order valence-corrected chi connectivity index (χ1v) is 16.5. The van der Waals surface area contributed by atoms with Crippen LogP contribution in [0, 0.1) is 12.8 Å². The van der Waals surface area contributed by atoms with Crippen molar-refractivity contribution in [2.45, 2.75) is 51.6 Å². The van der Waals surface area contributed by atoms with Crippen LogP contribution in [0.15, 0.2) is 42.9 Å². The van der Waals surface area contributed by atoms with Crippen LogP contribution in [0.4, 0.5) is 5.69 Å². The molecule has 3 N–H and O–H groups in total. The molecule has 1 aromatic carbocycles. The van der Waals surface area contributed by atoms with Gasteiger partial charge in [-0.3, -0.25) is 24.5 Å². The lowest BCUT2D eigenvalue weighted by Gasteiger charge is -2.39. The van der Waals surface area contributed by atoms with E-state index in [2.05, 4.69) is 54.6 Å². The molecule has 0 spiro atoms. The number of carbonyl (C=O) groups excluding carboxylic acids is 3. The third-order valence-corrected chi connectivity index (χ3v) is 9.31. The standard InChI is InChI=1S/C34H49N9O3/c1-24-19-27(20-28-23-36-39-32(24)28)22-30(37-25(2)44)33(45)38-31(21-26-7-11-41(12-8-26)14-13-40(3)4)34(46)43-17-15-42(16-18-43)29-5-9-35-10-6-29/h5-6,9-10,19-20,23,26,30-31H,7-8,11-18,21-22H2,1-4H3,(H,36,39)(H,37,44)(H,38,45). The number of H-pyrrole nitrogens is 1. The summed E-state index contributed by atoms with van der Waals surface area (Å²) in [6, 6.07) is 6.50. The van der Waals surface area contributed by atoms with E-state index in [0.29, 0.717) is 44.9 Å². The molecule has 5 rings (SSSR count). The third-order valence-electron chi connectivity index (χ3n) is 9.31. The highest BCUT2D eigenvalue weighted by molar-refractivity contribution is 5.92. The summed E-state index contributed by atoms with van der Waals surface area (Å²) in [6.45, 7) is 10.0. The molecule has 2 unspecified atom stereocenters. The molecule has 2 fully saturated rings. The van der Waals surface area contributed by atoms with E-state index in [-0.39, 0.29) is 17.7 Å². The van der Waals surface area contributed by atoms with Crippen LogP contribution in [-0.4, -0.2) is 126 Å². The molecule has 0 radical (unpaired) electrons. The molecule has 2 aliphatic rings. The number of aromatic nitrogens is 3. The van der Waals surface area contributed by atoms with Gasteiger partial charge >= 0.3 is 0 Å². The van der Waals surface area contributed by atoms with Crippen LogP contribution in [0.5, 0.6) is 0 Å². The Bertz CT molecular complexity index is 1460.